The van der Waals surface area contributed by atoms with Gasteiger partial charge in [0.15, 0.2) is 0 Å². The van der Waals surface area contributed by atoms with Crippen molar-refractivity contribution in [2.75, 3.05) is 16.2 Å². The highest BCUT2D eigenvalue weighted by Gasteiger charge is 2.29. The van der Waals surface area contributed by atoms with Crippen LogP contribution in [-0.4, -0.2) is 31.1 Å². The van der Waals surface area contributed by atoms with Crippen molar-refractivity contribution in [3.63, 3.8) is 0 Å². The lowest BCUT2D eigenvalue weighted by molar-refractivity contribution is -0.114. The first-order valence-electron chi connectivity index (χ1n) is 10.7. The summed E-state index contributed by atoms with van der Waals surface area (Å²) in [5, 5.41) is 12.3. The molecule has 0 radical (unpaired) electrons. The van der Waals surface area contributed by atoms with Crippen LogP contribution in [0.2, 0.25) is 5.02 Å². The summed E-state index contributed by atoms with van der Waals surface area (Å²) in [6.45, 7) is 5.20. The van der Waals surface area contributed by atoms with Crippen LogP contribution in [0.3, 0.4) is 0 Å². The Bertz CT molecular complexity index is 1470. The minimum atomic E-state index is -4.01. The zero-order chi connectivity index (χ0) is 25.2. The van der Waals surface area contributed by atoms with Crippen LogP contribution < -0.4 is 9.62 Å². The van der Waals surface area contributed by atoms with Crippen molar-refractivity contribution >= 4 is 49.7 Å². The number of aryl methyl sites for hydroxylation is 2. The van der Waals surface area contributed by atoms with Gasteiger partial charge in [0.25, 0.3) is 10.0 Å². The summed E-state index contributed by atoms with van der Waals surface area (Å²) < 4.78 is 28.4. The van der Waals surface area contributed by atoms with Crippen LogP contribution in [0.5, 0.6) is 0 Å². The topological polar surface area (TPSA) is 92.3 Å². The summed E-state index contributed by atoms with van der Waals surface area (Å²) in [6, 6.07) is 19.0. The number of hydrogen-bond donors (Lipinski definition) is 1. The number of amides is 1. The number of halogens is 1. The van der Waals surface area contributed by atoms with Crippen molar-refractivity contribution in [1.82, 2.24) is 10.2 Å². The summed E-state index contributed by atoms with van der Waals surface area (Å²) in [5.41, 5.74) is 3.89. The fraction of sp³-hybridized carbons (Fsp3) is 0.160. The number of aromatic nitrogens is 2. The lowest BCUT2D eigenvalue weighted by Gasteiger charge is -2.26. The number of carbonyl (C=O) groups is 1. The average molecular weight is 527 g/mol. The van der Waals surface area contributed by atoms with Crippen LogP contribution in [0.25, 0.3) is 10.6 Å². The molecule has 0 saturated carbocycles. The normalized spacial score (nSPS) is 11.3. The van der Waals surface area contributed by atoms with E-state index in [-0.39, 0.29) is 10.0 Å². The van der Waals surface area contributed by atoms with E-state index in [1.807, 2.05) is 39.0 Å². The van der Waals surface area contributed by atoms with E-state index in [0.29, 0.717) is 15.7 Å². The van der Waals surface area contributed by atoms with Gasteiger partial charge in [-0.3, -0.25) is 14.4 Å². The molecule has 35 heavy (non-hydrogen) atoms. The minimum absolute atomic E-state index is 0.109. The van der Waals surface area contributed by atoms with E-state index >= 15 is 0 Å². The van der Waals surface area contributed by atoms with Gasteiger partial charge in [0.05, 0.1) is 10.6 Å². The maximum Gasteiger partial charge on any atom is 0.264 e. The molecule has 1 amide bonds. The highest BCUT2D eigenvalue weighted by Crippen LogP contribution is 2.30. The second-order valence-corrected chi connectivity index (χ2v) is 11.3. The van der Waals surface area contributed by atoms with E-state index in [4.69, 9.17) is 11.6 Å². The van der Waals surface area contributed by atoms with Crippen LogP contribution >= 0.6 is 22.9 Å². The van der Waals surface area contributed by atoms with Gasteiger partial charge in [-0.25, -0.2) is 8.42 Å². The Kier molecular flexibility index (Phi) is 7.20. The molecule has 1 aromatic heterocycles. The van der Waals surface area contributed by atoms with E-state index in [2.05, 4.69) is 15.5 Å². The van der Waals surface area contributed by atoms with E-state index in [0.717, 1.165) is 26.6 Å². The molecule has 4 rings (SSSR count). The first-order chi connectivity index (χ1) is 16.6. The summed E-state index contributed by atoms with van der Waals surface area (Å²) in [5.74, 6) is -0.527. The molecule has 0 spiro atoms. The Morgan fingerprint density at radius 1 is 0.971 bits per heavy atom. The Labute approximate surface area is 213 Å². The van der Waals surface area contributed by atoms with Crippen molar-refractivity contribution in [3.05, 3.63) is 88.4 Å². The van der Waals surface area contributed by atoms with Crippen molar-refractivity contribution < 1.29 is 13.2 Å². The largest absolute Gasteiger partial charge is 0.299 e. The molecule has 0 aliphatic heterocycles. The quantitative estimate of drug-likeness (QED) is 0.337. The van der Waals surface area contributed by atoms with Crippen LogP contribution in [0.15, 0.2) is 71.6 Å². The molecule has 7 nitrogen and oxygen atoms in total. The zero-order valence-corrected chi connectivity index (χ0v) is 21.7. The SMILES string of the molecule is Cc1ccc(S(=O)(=O)N(CC(=O)Nc2nnc(-c3ccc(Cl)cc3)s2)c2cccc(C)c2C)cc1. The van der Waals surface area contributed by atoms with Gasteiger partial charge in [-0.1, -0.05) is 64.9 Å². The number of hydrogen-bond acceptors (Lipinski definition) is 6. The fourth-order valence-electron chi connectivity index (χ4n) is 3.41. The summed E-state index contributed by atoms with van der Waals surface area (Å²) >= 11 is 7.13. The average Bonchev–Trinajstić information content (AvgIpc) is 3.28. The Hall–Kier alpha value is -3.27. The second kappa shape index (κ2) is 10.2. The smallest absolute Gasteiger partial charge is 0.264 e. The Balaban J connectivity index is 1.62. The van der Waals surface area contributed by atoms with Gasteiger partial charge >= 0.3 is 0 Å². The predicted molar refractivity (Wildman–Crippen MR) is 141 cm³/mol. The molecule has 0 fully saturated rings. The van der Waals surface area contributed by atoms with Crippen molar-refractivity contribution in [3.8, 4) is 10.6 Å². The summed E-state index contributed by atoms with van der Waals surface area (Å²) in [6.07, 6.45) is 0. The van der Waals surface area contributed by atoms with E-state index in [1.54, 1.807) is 48.5 Å². The van der Waals surface area contributed by atoms with Crippen LogP contribution in [-0.2, 0) is 14.8 Å². The third kappa shape index (κ3) is 5.53. The molecular formula is C25H23ClN4O3S2. The molecule has 180 valence electrons. The van der Waals surface area contributed by atoms with Gasteiger partial charge in [-0.05, 0) is 62.2 Å². The van der Waals surface area contributed by atoms with Gasteiger partial charge < -0.3 is 0 Å². The molecule has 1 N–H and O–H groups in total. The number of benzene rings is 3. The molecule has 0 saturated heterocycles. The van der Waals surface area contributed by atoms with Gasteiger partial charge in [0.1, 0.15) is 11.6 Å². The number of nitrogens with one attached hydrogen (secondary N) is 1. The third-order valence-corrected chi connectivity index (χ3v) is 8.42. The summed E-state index contributed by atoms with van der Waals surface area (Å²) in [4.78, 5) is 13.1. The molecule has 0 aliphatic carbocycles. The molecule has 0 atom stereocenters. The molecule has 3 aromatic carbocycles. The number of nitrogens with zero attached hydrogens (tertiary/aromatic N) is 3. The Morgan fingerprint density at radius 2 is 1.66 bits per heavy atom. The fourth-order valence-corrected chi connectivity index (χ4v) is 5.78. The molecule has 10 heteroatoms. The maximum absolute atomic E-state index is 13.6. The molecule has 0 unspecified atom stereocenters. The molecule has 0 aliphatic rings. The number of rotatable bonds is 7. The third-order valence-electron chi connectivity index (χ3n) is 5.50. The minimum Gasteiger partial charge on any atom is -0.299 e. The van der Waals surface area contributed by atoms with Gasteiger partial charge in [0, 0.05) is 10.6 Å². The summed E-state index contributed by atoms with van der Waals surface area (Å²) in [7, 11) is -4.01. The lowest BCUT2D eigenvalue weighted by atomic mass is 10.1. The first kappa shape index (κ1) is 24.8. The Morgan fingerprint density at radius 3 is 2.34 bits per heavy atom. The maximum atomic E-state index is 13.6. The predicted octanol–water partition coefficient (Wildman–Crippen LogP) is 5.62. The number of anilines is 2. The van der Waals surface area contributed by atoms with Crippen molar-refractivity contribution in [2.45, 2.75) is 25.7 Å². The van der Waals surface area contributed by atoms with Gasteiger partial charge in [-0.2, -0.15) is 0 Å². The van der Waals surface area contributed by atoms with E-state index in [9.17, 15) is 13.2 Å². The van der Waals surface area contributed by atoms with Crippen LogP contribution in [0, 0.1) is 20.8 Å². The lowest BCUT2D eigenvalue weighted by Crippen LogP contribution is -2.38. The van der Waals surface area contributed by atoms with E-state index < -0.39 is 22.5 Å². The van der Waals surface area contributed by atoms with Gasteiger partial charge in [-0.15, -0.1) is 10.2 Å². The molecule has 4 aromatic rings. The van der Waals surface area contributed by atoms with Crippen molar-refractivity contribution in [1.29, 1.82) is 0 Å². The van der Waals surface area contributed by atoms with Crippen LogP contribution in [0.1, 0.15) is 16.7 Å². The number of carbonyl (C=O) groups excluding carboxylic acids is 1. The molecule has 0 bridgehead atoms. The standard InChI is InChI=1S/C25H23ClN4O3S2/c1-16-7-13-21(14-8-16)35(32,33)30(22-6-4-5-17(2)18(22)3)15-23(31)27-25-29-28-24(34-25)19-9-11-20(26)12-10-19/h4-14H,15H2,1-3H3,(H,27,29,31). The molecule has 1 heterocycles. The van der Waals surface area contributed by atoms with Crippen molar-refractivity contribution in [2.24, 2.45) is 0 Å². The van der Waals surface area contributed by atoms with Crippen LogP contribution in [0.4, 0.5) is 10.8 Å². The monoisotopic (exact) mass is 526 g/mol. The zero-order valence-electron chi connectivity index (χ0n) is 19.3. The number of sulfonamides is 1. The highest BCUT2D eigenvalue weighted by atomic mass is 35.5. The first-order valence-corrected chi connectivity index (χ1v) is 13.3. The second-order valence-electron chi connectivity index (χ2n) is 8.01. The van der Waals surface area contributed by atoms with E-state index in [1.165, 1.54) is 11.3 Å². The van der Waals surface area contributed by atoms with Gasteiger partial charge in [0.2, 0.25) is 11.0 Å². The molecular weight excluding hydrogens is 504 g/mol. The highest BCUT2D eigenvalue weighted by molar-refractivity contribution is 7.92.